The quantitative estimate of drug-likeness (QED) is 0.557. The molecule has 0 aromatic heterocycles. The van der Waals surface area contributed by atoms with E-state index in [9.17, 15) is 9.59 Å². The van der Waals surface area contributed by atoms with Crippen LogP contribution in [0.15, 0.2) is 18.2 Å². The smallest absolute Gasteiger partial charge is 0.306 e. The van der Waals surface area contributed by atoms with Gasteiger partial charge in [0.05, 0.1) is 30.3 Å². The number of methoxy groups -OCH3 is 1. The lowest BCUT2D eigenvalue weighted by Crippen LogP contribution is -2.16. The fourth-order valence-electron chi connectivity index (χ4n) is 1.64. The third-order valence-corrected chi connectivity index (χ3v) is 2.93. The van der Waals surface area contributed by atoms with Gasteiger partial charge in [0.1, 0.15) is 6.61 Å². The van der Waals surface area contributed by atoms with Gasteiger partial charge in [0.2, 0.25) is 5.91 Å². The van der Waals surface area contributed by atoms with Gasteiger partial charge in [-0.3, -0.25) is 9.59 Å². The Kier molecular flexibility index (Phi) is 8.32. The number of hydrogen-bond acceptors (Lipinski definition) is 5. The Bertz CT molecular complexity index is 507. The number of anilines is 1. The molecule has 1 rings (SSSR count). The molecule has 0 atom stereocenters. The summed E-state index contributed by atoms with van der Waals surface area (Å²) in [5.74, 6) is -0.335. The zero-order valence-corrected chi connectivity index (χ0v) is 13.4. The molecule has 1 aromatic carbocycles. The van der Waals surface area contributed by atoms with Gasteiger partial charge in [-0.15, -0.1) is 0 Å². The number of benzene rings is 1. The van der Waals surface area contributed by atoms with Gasteiger partial charge in [-0.25, -0.2) is 0 Å². The number of carbonyl (C=O) groups excluding carboxylic acids is 2. The van der Waals surface area contributed by atoms with Gasteiger partial charge < -0.3 is 19.5 Å². The van der Waals surface area contributed by atoms with E-state index in [0.717, 1.165) is 0 Å². The van der Waals surface area contributed by atoms with Crippen LogP contribution in [-0.2, 0) is 19.1 Å². The Morgan fingerprint density at radius 1 is 1.23 bits per heavy atom. The molecule has 0 fully saturated rings. The van der Waals surface area contributed by atoms with Crippen LogP contribution in [0.3, 0.4) is 0 Å². The highest BCUT2D eigenvalue weighted by Gasteiger charge is 2.13. The average molecular weight is 330 g/mol. The van der Waals surface area contributed by atoms with Crippen molar-refractivity contribution < 1.29 is 23.8 Å². The first-order chi connectivity index (χ1) is 10.6. The fraction of sp³-hybridized carbons (Fsp3) is 0.467. The SMILES string of the molecule is CCOC(=O)CCC(=O)Nc1cccc(Cl)c1OCCOC. The van der Waals surface area contributed by atoms with Gasteiger partial charge in [-0.2, -0.15) is 0 Å². The van der Waals surface area contributed by atoms with Crippen LogP contribution in [-0.4, -0.2) is 38.8 Å². The number of carbonyl (C=O) groups is 2. The molecule has 0 aliphatic carbocycles. The first-order valence-corrected chi connectivity index (χ1v) is 7.32. The van der Waals surface area contributed by atoms with Crippen molar-refractivity contribution in [1.29, 1.82) is 0 Å². The van der Waals surface area contributed by atoms with Gasteiger partial charge in [-0.05, 0) is 19.1 Å². The van der Waals surface area contributed by atoms with E-state index in [1.54, 1.807) is 32.2 Å². The summed E-state index contributed by atoms with van der Waals surface area (Å²) >= 11 is 6.07. The maximum Gasteiger partial charge on any atom is 0.306 e. The Morgan fingerprint density at radius 2 is 2.00 bits per heavy atom. The van der Waals surface area contributed by atoms with Crippen molar-refractivity contribution in [3.63, 3.8) is 0 Å². The summed E-state index contributed by atoms with van der Waals surface area (Å²) in [5, 5.41) is 3.07. The number of amides is 1. The van der Waals surface area contributed by atoms with E-state index in [2.05, 4.69) is 5.32 Å². The van der Waals surface area contributed by atoms with Gasteiger partial charge in [0.15, 0.2) is 5.75 Å². The summed E-state index contributed by atoms with van der Waals surface area (Å²) in [6.45, 7) is 2.73. The number of halogens is 1. The molecule has 1 aromatic rings. The summed E-state index contributed by atoms with van der Waals surface area (Å²) in [6.07, 6.45) is 0.0585. The summed E-state index contributed by atoms with van der Waals surface area (Å²) in [5.41, 5.74) is 0.456. The van der Waals surface area contributed by atoms with Crippen molar-refractivity contribution in [1.82, 2.24) is 0 Å². The van der Waals surface area contributed by atoms with Crippen LogP contribution in [0, 0.1) is 0 Å². The highest BCUT2D eigenvalue weighted by molar-refractivity contribution is 6.32. The first kappa shape index (κ1) is 18.3. The Morgan fingerprint density at radius 3 is 2.68 bits per heavy atom. The summed E-state index contributed by atoms with van der Waals surface area (Å²) < 4.78 is 15.2. The third-order valence-electron chi connectivity index (χ3n) is 2.64. The minimum atomic E-state index is -0.402. The predicted octanol–water partition coefficient (Wildman–Crippen LogP) is 2.65. The van der Waals surface area contributed by atoms with Crippen molar-refractivity contribution in [3.05, 3.63) is 23.2 Å². The van der Waals surface area contributed by atoms with Gasteiger partial charge >= 0.3 is 5.97 Å². The summed E-state index contributed by atoms with van der Waals surface area (Å²) in [6, 6.07) is 5.04. The van der Waals surface area contributed by atoms with Gasteiger partial charge in [-0.1, -0.05) is 17.7 Å². The van der Waals surface area contributed by atoms with E-state index >= 15 is 0 Å². The molecule has 22 heavy (non-hydrogen) atoms. The van der Waals surface area contributed by atoms with E-state index in [0.29, 0.717) is 36.3 Å². The molecule has 0 aliphatic rings. The molecule has 0 heterocycles. The highest BCUT2D eigenvalue weighted by atomic mass is 35.5. The molecule has 0 unspecified atom stereocenters. The van der Waals surface area contributed by atoms with E-state index in [-0.39, 0.29) is 18.7 Å². The van der Waals surface area contributed by atoms with Gasteiger partial charge in [0, 0.05) is 13.5 Å². The van der Waals surface area contributed by atoms with E-state index in [1.165, 1.54) is 0 Å². The highest BCUT2D eigenvalue weighted by Crippen LogP contribution is 2.33. The normalized spacial score (nSPS) is 10.1. The summed E-state index contributed by atoms with van der Waals surface area (Å²) in [7, 11) is 1.56. The second kappa shape index (κ2) is 10.0. The van der Waals surface area contributed by atoms with E-state index in [1.807, 2.05) is 0 Å². The molecule has 0 aliphatic heterocycles. The van der Waals surface area contributed by atoms with Crippen molar-refractivity contribution in [2.45, 2.75) is 19.8 Å². The minimum Gasteiger partial charge on any atom is -0.487 e. The molecule has 0 bridgehead atoms. The molecule has 7 heteroatoms. The molecule has 0 radical (unpaired) electrons. The van der Waals surface area contributed by atoms with E-state index < -0.39 is 5.97 Å². The number of para-hydroxylation sites is 1. The second-order valence-corrected chi connectivity index (χ2v) is 4.72. The van der Waals surface area contributed by atoms with Crippen molar-refractivity contribution in [3.8, 4) is 5.75 Å². The average Bonchev–Trinajstić information content (AvgIpc) is 2.48. The molecule has 1 amide bonds. The Balaban J connectivity index is 2.61. The third kappa shape index (κ3) is 6.32. The Labute approximate surface area is 134 Å². The largest absolute Gasteiger partial charge is 0.487 e. The number of rotatable bonds is 9. The maximum atomic E-state index is 11.9. The number of esters is 1. The van der Waals surface area contributed by atoms with Crippen LogP contribution in [0.4, 0.5) is 5.69 Å². The Hall–Kier alpha value is -1.79. The van der Waals surface area contributed by atoms with Crippen LogP contribution < -0.4 is 10.1 Å². The monoisotopic (exact) mass is 329 g/mol. The van der Waals surface area contributed by atoms with E-state index in [4.69, 9.17) is 25.8 Å². The second-order valence-electron chi connectivity index (χ2n) is 4.31. The maximum absolute atomic E-state index is 11.9. The number of ether oxygens (including phenoxy) is 3. The van der Waals surface area contributed by atoms with Crippen LogP contribution in [0.5, 0.6) is 5.75 Å². The van der Waals surface area contributed by atoms with Crippen LogP contribution in [0.2, 0.25) is 5.02 Å². The molecule has 0 saturated heterocycles. The lowest BCUT2D eigenvalue weighted by molar-refractivity contribution is -0.144. The number of hydrogen-bond donors (Lipinski definition) is 1. The van der Waals surface area contributed by atoms with Crippen molar-refractivity contribution >= 4 is 29.2 Å². The summed E-state index contributed by atoms with van der Waals surface area (Å²) in [4.78, 5) is 23.1. The van der Waals surface area contributed by atoms with Crippen LogP contribution >= 0.6 is 11.6 Å². The standard InChI is InChI=1S/C15H20ClNO5/c1-3-21-14(19)8-7-13(18)17-12-6-4-5-11(16)15(12)22-10-9-20-2/h4-6H,3,7-10H2,1-2H3,(H,17,18). The fourth-order valence-corrected chi connectivity index (χ4v) is 1.87. The molecule has 1 N–H and O–H groups in total. The zero-order chi connectivity index (χ0) is 16.4. The van der Waals surface area contributed by atoms with Crippen molar-refractivity contribution in [2.75, 3.05) is 32.2 Å². The van der Waals surface area contributed by atoms with Gasteiger partial charge in [0.25, 0.3) is 0 Å². The predicted molar refractivity (Wildman–Crippen MR) is 83.3 cm³/mol. The lowest BCUT2D eigenvalue weighted by atomic mass is 10.2. The molecule has 6 nitrogen and oxygen atoms in total. The molecule has 0 spiro atoms. The lowest BCUT2D eigenvalue weighted by Gasteiger charge is -2.13. The zero-order valence-electron chi connectivity index (χ0n) is 12.7. The molecule has 0 saturated carbocycles. The molecular formula is C15H20ClNO5. The number of nitrogens with one attached hydrogen (secondary N) is 1. The van der Waals surface area contributed by atoms with Crippen LogP contribution in [0.25, 0.3) is 0 Å². The van der Waals surface area contributed by atoms with Crippen LogP contribution in [0.1, 0.15) is 19.8 Å². The molecular weight excluding hydrogens is 310 g/mol. The first-order valence-electron chi connectivity index (χ1n) is 6.94. The molecule has 122 valence electrons. The van der Waals surface area contributed by atoms with Crippen molar-refractivity contribution in [2.24, 2.45) is 0 Å². The topological polar surface area (TPSA) is 73.9 Å². The minimum absolute atomic E-state index is 0.0279.